The molecule has 0 spiro atoms. The van der Waals surface area contributed by atoms with E-state index in [0.29, 0.717) is 23.1 Å². The molecule has 4 heteroatoms. The van der Waals surface area contributed by atoms with E-state index >= 15 is 0 Å². The molecule has 0 bridgehead atoms. The van der Waals surface area contributed by atoms with Crippen LogP contribution in [0.1, 0.15) is 25.3 Å². The Kier molecular flexibility index (Phi) is 4.82. The van der Waals surface area contributed by atoms with Gasteiger partial charge in [0, 0.05) is 36.2 Å². The fourth-order valence-corrected chi connectivity index (χ4v) is 3.34. The van der Waals surface area contributed by atoms with Gasteiger partial charge in [-0.05, 0) is 24.5 Å². The average molecular weight is 286 g/mol. The highest BCUT2D eigenvalue weighted by Crippen LogP contribution is 2.57. The summed E-state index contributed by atoms with van der Waals surface area (Å²) in [7, 11) is 1.68. The minimum Gasteiger partial charge on any atom is -0.383 e. The Morgan fingerprint density at radius 3 is 2.89 bits per heavy atom. The molecule has 0 aliphatic heterocycles. The maximum Gasteiger partial charge on any atom is 0.128 e. The summed E-state index contributed by atoms with van der Waals surface area (Å²) in [5.41, 5.74) is 0.554. The lowest BCUT2D eigenvalue weighted by molar-refractivity contribution is 0.198. The minimum absolute atomic E-state index is 0.134. The molecule has 0 saturated heterocycles. The van der Waals surface area contributed by atoms with E-state index in [9.17, 15) is 4.39 Å². The van der Waals surface area contributed by atoms with E-state index < -0.39 is 0 Å². The van der Waals surface area contributed by atoms with Crippen molar-refractivity contribution in [2.24, 2.45) is 5.92 Å². The third-order valence-corrected chi connectivity index (χ3v) is 4.42. The topological polar surface area (TPSA) is 21.3 Å². The summed E-state index contributed by atoms with van der Waals surface area (Å²) in [6.07, 6.45) is 2.06. The third-order valence-electron chi connectivity index (χ3n) is 4.11. The molecule has 2 nitrogen and oxygen atoms in total. The van der Waals surface area contributed by atoms with Crippen LogP contribution >= 0.6 is 11.6 Å². The number of ether oxygens (including phenoxy) is 1. The molecule has 106 valence electrons. The van der Waals surface area contributed by atoms with Crippen LogP contribution in [0.4, 0.5) is 4.39 Å². The Bertz CT molecular complexity index is 420. The maximum atomic E-state index is 14.1. The van der Waals surface area contributed by atoms with Gasteiger partial charge in [0.25, 0.3) is 0 Å². The molecular weight excluding hydrogens is 265 g/mol. The van der Waals surface area contributed by atoms with Crippen molar-refractivity contribution in [1.82, 2.24) is 5.32 Å². The monoisotopic (exact) mass is 285 g/mol. The fraction of sp³-hybridized carbons (Fsp3) is 0.600. The Balaban J connectivity index is 2.16. The summed E-state index contributed by atoms with van der Waals surface area (Å²) in [5, 5.41) is 3.90. The summed E-state index contributed by atoms with van der Waals surface area (Å²) in [5.74, 6) is 0.328. The van der Waals surface area contributed by atoms with Crippen LogP contribution in [0, 0.1) is 11.7 Å². The smallest absolute Gasteiger partial charge is 0.128 e. The predicted molar refractivity (Wildman–Crippen MR) is 76.2 cm³/mol. The summed E-state index contributed by atoms with van der Waals surface area (Å²) >= 11 is 6.22. The number of rotatable bonds is 7. The van der Waals surface area contributed by atoms with Crippen LogP contribution in [0.15, 0.2) is 18.2 Å². The van der Waals surface area contributed by atoms with Gasteiger partial charge in [0.05, 0.1) is 6.61 Å². The zero-order valence-corrected chi connectivity index (χ0v) is 12.3. The van der Waals surface area contributed by atoms with E-state index in [-0.39, 0.29) is 11.2 Å². The van der Waals surface area contributed by atoms with Gasteiger partial charge in [-0.2, -0.15) is 0 Å². The van der Waals surface area contributed by atoms with Crippen molar-refractivity contribution in [2.75, 3.05) is 26.8 Å². The molecule has 1 aliphatic rings. The number of hydrogen-bond donors (Lipinski definition) is 1. The van der Waals surface area contributed by atoms with Crippen molar-refractivity contribution in [3.8, 4) is 0 Å². The Morgan fingerprint density at radius 2 is 2.32 bits per heavy atom. The SMILES string of the molecule is CCC1CC1(CNCCOC)c1c(F)cccc1Cl. The zero-order valence-electron chi connectivity index (χ0n) is 11.5. The molecule has 2 atom stereocenters. The maximum absolute atomic E-state index is 14.1. The first-order chi connectivity index (χ1) is 9.15. The molecule has 19 heavy (non-hydrogen) atoms. The second-order valence-electron chi connectivity index (χ2n) is 5.23. The molecule has 0 heterocycles. The lowest BCUT2D eigenvalue weighted by atomic mass is 9.91. The summed E-state index contributed by atoms with van der Waals surface area (Å²) < 4.78 is 19.2. The Morgan fingerprint density at radius 1 is 1.53 bits per heavy atom. The Hall–Kier alpha value is -0.640. The second kappa shape index (κ2) is 6.21. The van der Waals surface area contributed by atoms with Gasteiger partial charge in [-0.25, -0.2) is 4.39 Å². The number of methoxy groups -OCH3 is 1. The fourth-order valence-electron chi connectivity index (χ4n) is 2.99. The molecule has 2 unspecified atom stereocenters. The molecule has 0 aromatic heterocycles. The van der Waals surface area contributed by atoms with Crippen LogP contribution in [-0.2, 0) is 10.2 Å². The highest BCUT2D eigenvalue weighted by Gasteiger charge is 2.55. The van der Waals surface area contributed by atoms with Gasteiger partial charge in [0.1, 0.15) is 5.82 Å². The van der Waals surface area contributed by atoms with Crippen molar-refractivity contribution in [3.05, 3.63) is 34.6 Å². The van der Waals surface area contributed by atoms with Gasteiger partial charge in [0.15, 0.2) is 0 Å². The number of hydrogen-bond acceptors (Lipinski definition) is 2. The first-order valence-electron chi connectivity index (χ1n) is 6.80. The van der Waals surface area contributed by atoms with Crippen LogP contribution in [0.5, 0.6) is 0 Å². The molecule has 1 N–H and O–H groups in total. The van der Waals surface area contributed by atoms with E-state index in [1.807, 2.05) is 0 Å². The van der Waals surface area contributed by atoms with Crippen molar-refractivity contribution in [2.45, 2.75) is 25.2 Å². The van der Waals surface area contributed by atoms with Crippen molar-refractivity contribution in [3.63, 3.8) is 0 Å². The van der Waals surface area contributed by atoms with E-state index in [1.165, 1.54) is 6.07 Å². The standard InChI is InChI=1S/C15H21ClFNO/c1-3-11-9-15(11,10-18-7-8-19-2)14-12(16)5-4-6-13(14)17/h4-6,11,18H,3,7-10H2,1-2H3. The predicted octanol–water partition coefficient (Wildman–Crippen LogP) is 3.38. The normalized spacial score (nSPS) is 25.6. The van der Waals surface area contributed by atoms with Crippen molar-refractivity contribution >= 4 is 11.6 Å². The minimum atomic E-state index is -0.183. The molecule has 1 aromatic rings. The first kappa shape index (κ1) is 14.8. The van der Waals surface area contributed by atoms with Crippen LogP contribution in [0.3, 0.4) is 0 Å². The van der Waals surface area contributed by atoms with E-state index in [2.05, 4.69) is 12.2 Å². The first-order valence-corrected chi connectivity index (χ1v) is 7.17. The molecule has 1 aliphatic carbocycles. The lowest BCUT2D eigenvalue weighted by Crippen LogP contribution is -2.31. The Labute approximate surface area is 119 Å². The van der Waals surface area contributed by atoms with Gasteiger partial charge < -0.3 is 10.1 Å². The molecule has 0 radical (unpaired) electrons. The van der Waals surface area contributed by atoms with Gasteiger partial charge in [-0.3, -0.25) is 0 Å². The van der Waals surface area contributed by atoms with Crippen LogP contribution in [0.25, 0.3) is 0 Å². The molecule has 0 amide bonds. The molecule has 2 rings (SSSR count). The summed E-state index contributed by atoms with van der Waals surface area (Å²) in [6, 6.07) is 4.95. The summed E-state index contributed by atoms with van der Waals surface area (Å²) in [6.45, 7) is 4.35. The second-order valence-corrected chi connectivity index (χ2v) is 5.64. The molecular formula is C15H21ClFNO. The zero-order chi connectivity index (χ0) is 13.9. The van der Waals surface area contributed by atoms with Gasteiger partial charge in [-0.1, -0.05) is 31.0 Å². The molecule has 1 aromatic carbocycles. The molecule has 1 fully saturated rings. The van der Waals surface area contributed by atoms with Crippen LogP contribution in [0.2, 0.25) is 5.02 Å². The number of halogens is 2. The third kappa shape index (κ3) is 2.93. The van der Waals surface area contributed by atoms with Gasteiger partial charge in [0.2, 0.25) is 0 Å². The lowest BCUT2D eigenvalue weighted by Gasteiger charge is -2.21. The summed E-state index contributed by atoms with van der Waals surface area (Å²) in [4.78, 5) is 0. The quantitative estimate of drug-likeness (QED) is 0.776. The largest absolute Gasteiger partial charge is 0.383 e. The van der Waals surface area contributed by atoms with Crippen LogP contribution in [-0.4, -0.2) is 26.8 Å². The van der Waals surface area contributed by atoms with Crippen LogP contribution < -0.4 is 5.32 Å². The van der Waals surface area contributed by atoms with Gasteiger partial charge >= 0.3 is 0 Å². The van der Waals surface area contributed by atoms with E-state index in [1.54, 1.807) is 19.2 Å². The van der Waals surface area contributed by atoms with Crippen molar-refractivity contribution < 1.29 is 9.13 Å². The number of nitrogens with one attached hydrogen (secondary N) is 1. The highest BCUT2D eigenvalue weighted by molar-refractivity contribution is 6.31. The molecule has 1 saturated carbocycles. The van der Waals surface area contributed by atoms with E-state index in [0.717, 1.165) is 25.9 Å². The number of benzene rings is 1. The average Bonchev–Trinajstić information content (AvgIpc) is 3.09. The van der Waals surface area contributed by atoms with Crippen molar-refractivity contribution in [1.29, 1.82) is 0 Å². The van der Waals surface area contributed by atoms with E-state index in [4.69, 9.17) is 16.3 Å². The highest BCUT2D eigenvalue weighted by atomic mass is 35.5. The van der Waals surface area contributed by atoms with Gasteiger partial charge in [-0.15, -0.1) is 0 Å².